The summed E-state index contributed by atoms with van der Waals surface area (Å²) in [5.74, 6) is 5.67. The number of aromatic nitrogens is 6. The number of morpholine rings is 2. The summed E-state index contributed by atoms with van der Waals surface area (Å²) < 4.78 is 115. The van der Waals surface area contributed by atoms with Crippen LogP contribution in [-0.2, 0) is 34.8 Å². The molecule has 4 aromatic heterocycles. The van der Waals surface area contributed by atoms with Crippen LogP contribution in [0.15, 0.2) is 97.6 Å². The van der Waals surface area contributed by atoms with Crippen LogP contribution in [0.4, 0.5) is 70.0 Å². The Morgan fingerprint density at radius 3 is 1.78 bits per heavy atom. The minimum Gasteiger partial charge on any atom is -0.378 e. The van der Waals surface area contributed by atoms with Crippen LogP contribution in [0.1, 0.15) is 38.4 Å². The van der Waals surface area contributed by atoms with Gasteiger partial charge in [0.15, 0.2) is 29.6 Å². The number of carbonyl (C=O) groups excluding carboxylic acids is 1. The van der Waals surface area contributed by atoms with E-state index in [0.717, 1.165) is 42.2 Å². The number of pyridine rings is 2. The zero-order chi connectivity index (χ0) is 49.6. The molecule has 24 heteroatoms. The van der Waals surface area contributed by atoms with Gasteiger partial charge in [0.25, 0.3) is 0 Å². The van der Waals surface area contributed by atoms with Crippen LogP contribution in [0.3, 0.4) is 0 Å². The summed E-state index contributed by atoms with van der Waals surface area (Å²) in [4.78, 5) is 38.5. The lowest BCUT2D eigenvalue weighted by atomic mass is 10.0. The van der Waals surface area contributed by atoms with Crippen molar-refractivity contribution < 1.29 is 49.4 Å². The Kier molecular flexibility index (Phi) is 17.6. The maximum absolute atomic E-state index is 14.2. The number of benzene rings is 2. The number of nitrogens with zero attached hydrogens (tertiary/aromatic N) is 10. The van der Waals surface area contributed by atoms with Crippen LogP contribution in [0, 0.1) is 11.6 Å². The van der Waals surface area contributed by atoms with Gasteiger partial charge < -0.3 is 24.6 Å². The zero-order valence-corrected chi connectivity index (χ0v) is 37.2. The number of carbonyl (C=O) groups is 1. The molecular formula is C45H47F8N13O3. The first-order valence-electron chi connectivity index (χ1n) is 21.1. The number of hydrazine groups is 2. The van der Waals surface area contributed by atoms with E-state index in [9.17, 15) is 39.9 Å². The topological polar surface area (TPSA) is 176 Å². The number of alkyl halides is 6. The number of hydrogen-bond acceptors (Lipinski definition) is 16. The summed E-state index contributed by atoms with van der Waals surface area (Å²) in [6.45, 7) is 4.87. The third kappa shape index (κ3) is 15.2. The molecule has 0 aliphatic carbocycles. The second-order valence-corrected chi connectivity index (χ2v) is 15.2. The van der Waals surface area contributed by atoms with Crippen molar-refractivity contribution in [3.8, 4) is 0 Å². The summed E-state index contributed by atoms with van der Waals surface area (Å²) in [6, 6.07) is 16.8. The van der Waals surface area contributed by atoms with Crippen LogP contribution in [-0.4, -0.2) is 103 Å². The van der Waals surface area contributed by atoms with Gasteiger partial charge in [-0.05, 0) is 60.0 Å². The molecule has 0 amide bonds. The van der Waals surface area contributed by atoms with E-state index in [1.165, 1.54) is 35.6 Å². The summed E-state index contributed by atoms with van der Waals surface area (Å²) in [6.07, 6.45) is -2.49. The van der Waals surface area contributed by atoms with Gasteiger partial charge in [-0.15, -0.1) is 0 Å². The fourth-order valence-electron chi connectivity index (χ4n) is 6.54. The quantitative estimate of drug-likeness (QED) is 0.0494. The molecule has 6 heterocycles. The Balaban J connectivity index is 0.000000188. The number of aldehydes is 1. The van der Waals surface area contributed by atoms with Crippen LogP contribution in [0.5, 0.6) is 0 Å². The van der Waals surface area contributed by atoms with Crippen LogP contribution >= 0.6 is 0 Å². The zero-order valence-electron chi connectivity index (χ0n) is 37.2. The summed E-state index contributed by atoms with van der Waals surface area (Å²) in [7, 11) is 3.32. The molecule has 2 fully saturated rings. The molecule has 0 saturated carbocycles. The van der Waals surface area contributed by atoms with E-state index in [0.29, 0.717) is 112 Å². The van der Waals surface area contributed by atoms with Gasteiger partial charge >= 0.3 is 12.4 Å². The van der Waals surface area contributed by atoms with Crippen molar-refractivity contribution in [3.63, 3.8) is 0 Å². The van der Waals surface area contributed by atoms with Crippen molar-refractivity contribution >= 4 is 41.2 Å². The first-order valence-corrected chi connectivity index (χ1v) is 21.1. The molecule has 2 saturated heterocycles. The normalized spacial score (nSPS) is 13.9. The number of nitrogens with two attached hydrogens (primary N) is 1. The molecule has 16 nitrogen and oxygen atoms in total. The van der Waals surface area contributed by atoms with E-state index >= 15 is 0 Å². The molecule has 6 aromatic rings. The minimum absolute atomic E-state index is 0.227. The first-order chi connectivity index (χ1) is 33.0. The number of rotatable bonds is 12. The first kappa shape index (κ1) is 51.2. The largest absolute Gasteiger partial charge is 0.416 e. The van der Waals surface area contributed by atoms with E-state index in [1.807, 2.05) is 9.80 Å². The fraction of sp³-hybridized carbons (Fsp3) is 0.311. The molecule has 0 bridgehead atoms. The summed E-state index contributed by atoms with van der Waals surface area (Å²) in [5.41, 5.74) is 4.84. The third-order valence-corrected chi connectivity index (χ3v) is 10.1. The highest BCUT2D eigenvalue weighted by atomic mass is 19.4. The molecule has 0 spiro atoms. The van der Waals surface area contributed by atoms with Crippen LogP contribution < -0.4 is 36.4 Å². The van der Waals surface area contributed by atoms with Gasteiger partial charge in [0.05, 0.1) is 74.1 Å². The minimum atomic E-state index is -4.41. The van der Waals surface area contributed by atoms with Crippen LogP contribution in [0.25, 0.3) is 0 Å². The van der Waals surface area contributed by atoms with Gasteiger partial charge in [-0.1, -0.05) is 30.3 Å². The Morgan fingerprint density at radius 2 is 1.25 bits per heavy atom. The maximum Gasteiger partial charge on any atom is 0.416 e. The Hall–Kier alpha value is -7.15. The van der Waals surface area contributed by atoms with Gasteiger partial charge in [-0.25, -0.2) is 30.0 Å². The third-order valence-electron chi connectivity index (χ3n) is 10.1. The highest BCUT2D eigenvalue weighted by molar-refractivity contribution is 5.71. The SMILES string of the molecule is CN(N)c1ncc(F)c(N2CCOCC2)n1.CN(NCc1ccc(Nc2cccc(C(F)(F)F)c2)cn1)c1ncc(F)c(N2CCOCC2)n1.O=Cc1ccc(Cc2cccc(C(F)(F)F)c2)cn1. The standard InChI is InChI=1S/C22H23F4N7O.C14H10F3NO.C9H14FN5O/c1-32(21-28-14-19(23)20(31-21)33-7-9-34-10-8-33)29-13-17-5-6-18(12-27-17)30-16-4-2-3-15(11-16)22(24,25)26;15-14(16,17)12-3-1-2-10(7-12)6-11-4-5-13(9-19)18-8-11;1-14(11)9-12-6-7(10)8(13-9)15-2-4-16-5-3-15/h2-6,11-12,14,29-30H,7-10,13H2,1H3;1-5,7-9H,6H2;6H,2-5,11H2,1H3. The Bertz CT molecular complexity index is 2580. The molecule has 2 aromatic carbocycles. The molecular weight excluding hydrogens is 923 g/mol. The van der Waals surface area contributed by atoms with Crippen molar-refractivity contribution in [2.45, 2.75) is 25.3 Å². The molecule has 0 unspecified atom stereocenters. The molecule has 0 atom stereocenters. The predicted octanol–water partition coefficient (Wildman–Crippen LogP) is 7.02. The highest BCUT2D eigenvalue weighted by Crippen LogP contribution is 2.32. The second kappa shape index (κ2) is 23.7. The van der Waals surface area contributed by atoms with Crippen molar-refractivity contribution in [1.82, 2.24) is 35.3 Å². The van der Waals surface area contributed by atoms with Gasteiger partial charge in [0.1, 0.15) is 5.69 Å². The number of nitrogens with one attached hydrogen (secondary N) is 2. The van der Waals surface area contributed by atoms with Gasteiger partial charge in [-0.3, -0.25) is 24.8 Å². The smallest absolute Gasteiger partial charge is 0.378 e. The lowest BCUT2D eigenvalue weighted by Gasteiger charge is -2.28. The van der Waals surface area contributed by atoms with Gasteiger partial charge in [0, 0.05) is 52.2 Å². The van der Waals surface area contributed by atoms with E-state index in [-0.39, 0.29) is 11.6 Å². The Labute approximate surface area is 391 Å². The molecule has 2 aliphatic rings. The number of halogens is 8. The van der Waals surface area contributed by atoms with Crippen molar-refractivity contribution in [2.75, 3.05) is 91.8 Å². The monoisotopic (exact) mass is 969 g/mol. The van der Waals surface area contributed by atoms with Crippen LogP contribution in [0.2, 0.25) is 0 Å². The molecule has 366 valence electrons. The maximum atomic E-state index is 14.2. The van der Waals surface area contributed by atoms with E-state index < -0.39 is 35.1 Å². The average molecular weight is 970 g/mol. The van der Waals surface area contributed by atoms with Crippen molar-refractivity contribution in [1.29, 1.82) is 0 Å². The van der Waals surface area contributed by atoms with E-state index in [1.54, 1.807) is 49.4 Å². The number of ether oxygens (including phenoxy) is 2. The predicted molar refractivity (Wildman–Crippen MR) is 241 cm³/mol. The van der Waals surface area contributed by atoms with Crippen molar-refractivity contribution in [3.05, 3.63) is 143 Å². The lowest BCUT2D eigenvalue weighted by molar-refractivity contribution is -0.138. The number of anilines is 6. The lowest BCUT2D eigenvalue weighted by Crippen LogP contribution is -2.39. The highest BCUT2D eigenvalue weighted by Gasteiger charge is 2.31. The fourth-order valence-corrected chi connectivity index (χ4v) is 6.54. The summed E-state index contributed by atoms with van der Waals surface area (Å²) in [5, 5.41) is 5.74. The van der Waals surface area contributed by atoms with Gasteiger partial charge in [-0.2, -0.15) is 36.3 Å². The Morgan fingerprint density at radius 1 is 0.667 bits per heavy atom. The number of hydrogen-bond donors (Lipinski definition) is 3. The summed E-state index contributed by atoms with van der Waals surface area (Å²) >= 11 is 0. The van der Waals surface area contributed by atoms with E-state index in [2.05, 4.69) is 40.6 Å². The molecule has 69 heavy (non-hydrogen) atoms. The molecule has 8 rings (SSSR count). The molecule has 0 radical (unpaired) electrons. The average Bonchev–Trinajstić information content (AvgIpc) is 3.35. The van der Waals surface area contributed by atoms with E-state index in [4.69, 9.17) is 15.3 Å². The molecule has 2 aliphatic heterocycles. The second-order valence-electron chi connectivity index (χ2n) is 15.2. The van der Waals surface area contributed by atoms with Crippen molar-refractivity contribution in [2.24, 2.45) is 5.84 Å². The molecule has 4 N–H and O–H groups in total. The van der Waals surface area contributed by atoms with Gasteiger partial charge in [0.2, 0.25) is 11.9 Å².